The molecule has 0 amide bonds. The Labute approximate surface area is 161 Å². The molecule has 0 atom stereocenters. The van der Waals surface area contributed by atoms with Crippen LogP contribution in [0.2, 0.25) is 0 Å². The maximum Gasteiger partial charge on any atom is 0.301 e. The van der Waals surface area contributed by atoms with Gasteiger partial charge in [0, 0.05) is 0 Å². The van der Waals surface area contributed by atoms with E-state index in [4.69, 9.17) is 4.74 Å². The van der Waals surface area contributed by atoms with Crippen molar-refractivity contribution in [2.75, 3.05) is 0 Å². The Balaban J connectivity index is 1.98. The van der Waals surface area contributed by atoms with Crippen molar-refractivity contribution in [2.24, 2.45) is 0 Å². The molecular weight excluding hydrogens is 364 g/mol. The summed E-state index contributed by atoms with van der Waals surface area (Å²) in [6.07, 6.45) is 9.61. The van der Waals surface area contributed by atoms with Crippen LogP contribution in [0.3, 0.4) is 0 Å². The summed E-state index contributed by atoms with van der Waals surface area (Å²) in [5, 5.41) is 9.76. The average Bonchev–Trinajstić information content (AvgIpc) is 2.60. The van der Waals surface area contributed by atoms with Crippen molar-refractivity contribution in [1.82, 2.24) is 0 Å². The Kier molecular flexibility index (Phi) is 8.13. The molecular formula is C21H28O5S. The topological polar surface area (TPSA) is 83.8 Å². The zero-order chi connectivity index (χ0) is 19.7. The van der Waals surface area contributed by atoms with E-state index in [2.05, 4.69) is 6.92 Å². The van der Waals surface area contributed by atoms with Crippen LogP contribution in [-0.2, 0) is 16.5 Å². The van der Waals surface area contributed by atoms with Crippen LogP contribution < -0.4 is 4.74 Å². The Bertz CT molecular complexity index is 830. The van der Waals surface area contributed by atoms with Gasteiger partial charge in [0.25, 0.3) is 0 Å². The van der Waals surface area contributed by atoms with Crippen molar-refractivity contribution >= 4 is 10.1 Å². The van der Waals surface area contributed by atoms with E-state index in [1.807, 2.05) is 18.2 Å². The van der Waals surface area contributed by atoms with Gasteiger partial charge in [-0.25, -0.2) is 0 Å². The first-order chi connectivity index (χ1) is 12.9. The van der Waals surface area contributed by atoms with Crippen LogP contribution in [0.4, 0.5) is 0 Å². The maximum atomic E-state index is 11.5. The quantitative estimate of drug-likeness (QED) is 0.377. The highest BCUT2D eigenvalue weighted by atomic mass is 32.2. The van der Waals surface area contributed by atoms with Gasteiger partial charge in [0.2, 0.25) is 0 Å². The summed E-state index contributed by atoms with van der Waals surface area (Å²) < 4.78 is 38.0. The monoisotopic (exact) mass is 392 g/mol. The largest absolute Gasteiger partial charge is 0.506 e. The molecule has 0 bridgehead atoms. The number of aromatic hydroxyl groups is 1. The van der Waals surface area contributed by atoms with Gasteiger partial charge >= 0.3 is 10.1 Å². The van der Waals surface area contributed by atoms with Crippen molar-refractivity contribution in [1.29, 1.82) is 0 Å². The highest BCUT2D eigenvalue weighted by Crippen LogP contribution is 2.35. The lowest BCUT2D eigenvalue weighted by molar-refractivity contribution is 0.415. The van der Waals surface area contributed by atoms with E-state index in [0.717, 1.165) is 18.4 Å². The first kappa shape index (κ1) is 21.3. The summed E-state index contributed by atoms with van der Waals surface area (Å²) in [4.78, 5) is -0.623. The second-order valence-electron chi connectivity index (χ2n) is 6.70. The fourth-order valence-electron chi connectivity index (χ4n) is 3.02. The summed E-state index contributed by atoms with van der Waals surface area (Å²) in [5.74, 6) is -0.189. The number of ether oxygens (including phenoxy) is 1. The van der Waals surface area contributed by atoms with Crippen LogP contribution in [0.25, 0.3) is 0 Å². The van der Waals surface area contributed by atoms with Crippen molar-refractivity contribution < 1.29 is 22.8 Å². The lowest BCUT2D eigenvalue weighted by Gasteiger charge is -2.11. The molecule has 0 saturated carbocycles. The zero-order valence-electron chi connectivity index (χ0n) is 15.7. The van der Waals surface area contributed by atoms with Crippen molar-refractivity contribution in [3.63, 3.8) is 0 Å². The normalized spacial score (nSPS) is 11.5. The predicted molar refractivity (Wildman–Crippen MR) is 106 cm³/mol. The second kappa shape index (κ2) is 10.3. The van der Waals surface area contributed by atoms with Crippen LogP contribution in [0.5, 0.6) is 17.2 Å². The van der Waals surface area contributed by atoms with Gasteiger partial charge in [-0.3, -0.25) is 4.55 Å². The van der Waals surface area contributed by atoms with Crippen LogP contribution in [-0.4, -0.2) is 18.1 Å². The van der Waals surface area contributed by atoms with Gasteiger partial charge in [-0.1, -0.05) is 63.6 Å². The minimum Gasteiger partial charge on any atom is -0.506 e. The van der Waals surface area contributed by atoms with Crippen LogP contribution >= 0.6 is 0 Å². The molecule has 0 radical (unpaired) electrons. The smallest absolute Gasteiger partial charge is 0.301 e. The molecule has 0 aromatic heterocycles. The maximum absolute atomic E-state index is 11.5. The van der Waals surface area contributed by atoms with Gasteiger partial charge in [-0.2, -0.15) is 8.42 Å². The molecule has 0 heterocycles. The van der Waals surface area contributed by atoms with E-state index in [-0.39, 0.29) is 5.75 Å². The molecule has 27 heavy (non-hydrogen) atoms. The molecule has 2 aromatic carbocycles. The number of unbranched alkanes of at least 4 members (excludes halogenated alkanes) is 6. The highest BCUT2D eigenvalue weighted by molar-refractivity contribution is 7.86. The summed E-state index contributed by atoms with van der Waals surface area (Å²) in [6.45, 7) is 2.21. The van der Waals surface area contributed by atoms with E-state index in [1.54, 1.807) is 6.07 Å². The van der Waals surface area contributed by atoms with Crippen molar-refractivity contribution in [3.05, 3.63) is 48.0 Å². The number of rotatable bonds is 11. The number of aryl methyl sites for hydroxylation is 1. The molecule has 0 aliphatic rings. The lowest BCUT2D eigenvalue weighted by Crippen LogP contribution is -2.01. The number of hydrogen-bond acceptors (Lipinski definition) is 4. The lowest BCUT2D eigenvalue weighted by atomic mass is 10.0. The average molecular weight is 393 g/mol. The van der Waals surface area contributed by atoms with Crippen molar-refractivity contribution in [2.45, 2.75) is 63.2 Å². The molecule has 2 N–H and O–H groups in total. The Morgan fingerprint density at radius 2 is 1.59 bits per heavy atom. The minimum absolute atomic E-state index is 0.106. The molecule has 0 aliphatic heterocycles. The molecule has 2 rings (SSSR count). The molecule has 0 spiro atoms. The molecule has 0 fully saturated rings. The van der Waals surface area contributed by atoms with Gasteiger partial charge in [0.1, 0.15) is 11.5 Å². The van der Waals surface area contributed by atoms with Gasteiger partial charge in [0.05, 0.1) is 0 Å². The third-order valence-electron chi connectivity index (χ3n) is 4.41. The highest BCUT2D eigenvalue weighted by Gasteiger charge is 2.22. The first-order valence-corrected chi connectivity index (χ1v) is 10.9. The number of benzene rings is 2. The standard InChI is InChI=1S/C21H28O5S/c1-2-3-4-5-6-7-8-11-17-12-9-13-18(16-17)26-20-15-10-14-19(22)21(20)27(23,24)25/h9-10,12-16,22H,2-8,11H2,1H3,(H,23,24,25). The van der Waals surface area contributed by atoms with Crippen molar-refractivity contribution in [3.8, 4) is 17.2 Å². The number of hydrogen-bond donors (Lipinski definition) is 2. The van der Waals surface area contributed by atoms with Gasteiger partial charge in [0.15, 0.2) is 10.6 Å². The third kappa shape index (κ3) is 6.88. The zero-order valence-corrected chi connectivity index (χ0v) is 16.5. The molecule has 0 saturated heterocycles. The Morgan fingerprint density at radius 3 is 2.30 bits per heavy atom. The van der Waals surface area contributed by atoms with Crippen LogP contribution in [0.1, 0.15) is 57.4 Å². The molecule has 5 nitrogen and oxygen atoms in total. The second-order valence-corrected chi connectivity index (χ2v) is 8.06. The summed E-state index contributed by atoms with van der Waals surface area (Å²) >= 11 is 0. The molecule has 6 heteroatoms. The Morgan fingerprint density at radius 1 is 0.926 bits per heavy atom. The predicted octanol–water partition coefficient (Wildman–Crippen LogP) is 5.72. The SMILES string of the molecule is CCCCCCCCCc1cccc(Oc2cccc(O)c2S(=O)(=O)O)c1. The van der Waals surface area contributed by atoms with Gasteiger partial charge in [-0.05, 0) is 42.7 Å². The van der Waals surface area contributed by atoms with E-state index in [9.17, 15) is 18.1 Å². The first-order valence-electron chi connectivity index (χ1n) is 9.48. The summed E-state index contributed by atoms with van der Waals surface area (Å²) in [7, 11) is -4.60. The molecule has 2 aromatic rings. The molecule has 0 aliphatic carbocycles. The minimum atomic E-state index is -4.60. The summed E-state index contributed by atoms with van der Waals surface area (Å²) in [6, 6.07) is 11.5. The summed E-state index contributed by atoms with van der Waals surface area (Å²) in [5.41, 5.74) is 1.11. The Hall–Kier alpha value is -2.05. The van der Waals surface area contributed by atoms with E-state index >= 15 is 0 Å². The number of phenolic OH excluding ortho intramolecular Hbond substituents is 1. The van der Waals surface area contributed by atoms with Gasteiger partial charge in [-0.15, -0.1) is 0 Å². The van der Waals surface area contributed by atoms with E-state index in [1.165, 1.54) is 56.7 Å². The van der Waals surface area contributed by atoms with E-state index < -0.39 is 20.8 Å². The van der Waals surface area contributed by atoms with Crippen LogP contribution in [0.15, 0.2) is 47.4 Å². The third-order valence-corrected chi connectivity index (χ3v) is 5.34. The van der Waals surface area contributed by atoms with E-state index in [0.29, 0.717) is 5.75 Å². The fourth-order valence-corrected chi connectivity index (χ4v) is 3.72. The van der Waals surface area contributed by atoms with Crippen LogP contribution in [0, 0.1) is 0 Å². The molecule has 148 valence electrons. The fraction of sp³-hybridized carbons (Fsp3) is 0.429. The molecule has 0 unspecified atom stereocenters. The number of phenols is 1. The van der Waals surface area contributed by atoms with Gasteiger partial charge < -0.3 is 9.84 Å².